The summed E-state index contributed by atoms with van der Waals surface area (Å²) in [5.41, 5.74) is 0. The summed E-state index contributed by atoms with van der Waals surface area (Å²) >= 11 is 0. The van der Waals surface area contributed by atoms with Crippen LogP contribution in [0.25, 0.3) is 0 Å². The standard InChI is InChI=1S/C78H124NO8P/c1-6-8-10-12-14-16-18-20-22-24-26-28-30-32-33-34-35-36-37-38-39-40-41-42-43-44-45-47-49-51-53-55-57-59-61-63-65-67-69-71-78(81)87-76(75-86-88(82,83)85-73-72-79(3,4)5)74-84-77(80)70-68-66-64-62-60-58-56-54-52-50-48-46-31-29-27-25-23-21-19-17-15-13-11-9-7-2/h8-11,14-17,20-23,26-29,32-33,35-36,38-39,41-42,44-46,48-49,51,55,57,76H,6-7,12-13,18-19,24-25,30-31,34,37,40,43,47,50,52-54,56,58-75H2,1-5H3/b10-8-,11-9-,16-14-,17-15-,22-20-,23-21-,28-26-,29-27-,33-32-,36-35-,39-38-,42-41-,45-44-,48-46-,51-49-,57-55-. The van der Waals surface area contributed by atoms with E-state index in [0.717, 1.165) is 161 Å². The maximum Gasteiger partial charge on any atom is 0.306 e. The summed E-state index contributed by atoms with van der Waals surface area (Å²) in [6.45, 7) is 3.96. The van der Waals surface area contributed by atoms with Gasteiger partial charge in [0.25, 0.3) is 7.82 Å². The SMILES string of the molecule is CC/C=C\C/C=C\C/C=C\C/C=C\C/C=C\C/C=C\C/C=C\C/C=C\C/C=C\C/C=C\C/C=C\CCCCCCCC(=O)OC(COC(=O)CCCCCCCCCCC/C=C\C/C=C\C/C=C\C/C=C\C/C=C\CC)COP(=O)([O-])OCC[N+](C)(C)C. The molecule has 0 rings (SSSR count). The van der Waals surface area contributed by atoms with Gasteiger partial charge in [-0.3, -0.25) is 14.2 Å². The van der Waals surface area contributed by atoms with Gasteiger partial charge in [-0.2, -0.15) is 0 Å². The molecule has 2 unspecified atom stereocenters. The van der Waals surface area contributed by atoms with Crippen LogP contribution in [0.1, 0.15) is 232 Å². The molecule has 0 fully saturated rings. The molecule has 0 radical (unpaired) electrons. The van der Waals surface area contributed by atoms with Gasteiger partial charge in [-0.1, -0.05) is 272 Å². The van der Waals surface area contributed by atoms with Crippen LogP contribution in [0.5, 0.6) is 0 Å². The Kier molecular flexibility index (Phi) is 62.4. The van der Waals surface area contributed by atoms with Crippen LogP contribution in [0.2, 0.25) is 0 Å². The Morgan fingerprint density at radius 3 is 0.909 bits per heavy atom. The maximum absolute atomic E-state index is 12.9. The topological polar surface area (TPSA) is 111 Å². The van der Waals surface area contributed by atoms with E-state index in [-0.39, 0.29) is 26.1 Å². The fourth-order valence-corrected chi connectivity index (χ4v) is 9.18. The van der Waals surface area contributed by atoms with Gasteiger partial charge in [0.2, 0.25) is 0 Å². The maximum atomic E-state index is 12.9. The van der Waals surface area contributed by atoms with Crippen LogP contribution in [0.3, 0.4) is 0 Å². The number of esters is 2. The van der Waals surface area contributed by atoms with E-state index in [1.807, 2.05) is 21.1 Å². The molecule has 0 spiro atoms. The highest BCUT2D eigenvalue weighted by molar-refractivity contribution is 7.45. The molecule has 10 heteroatoms. The van der Waals surface area contributed by atoms with Gasteiger partial charge < -0.3 is 27.9 Å². The molecule has 0 amide bonds. The lowest BCUT2D eigenvalue weighted by molar-refractivity contribution is -0.870. The molecule has 0 saturated heterocycles. The highest BCUT2D eigenvalue weighted by Gasteiger charge is 2.22. The highest BCUT2D eigenvalue weighted by atomic mass is 31.2. The first-order valence-corrected chi connectivity index (χ1v) is 35.6. The van der Waals surface area contributed by atoms with Crippen molar-refractivity contribution >= 4 is 19.8 Å². The zero-order valence-corrected chi connectivity index (χ0v) is 57.0. The average molecular weight is 1230 g/mol. The molecule has 0 aromatic rings. The normalized spacial score (nSPS) is 14.4. The fraction of sp³-hybridized carbons (Fsp3) is 0.564. The molecule has 0 aliphatic carbocycles. The van der Waals surface area contributed by atoms with Crippen LogP contribution in [-0.2, 0) is 32.7 Å². The predicted molar refractivity (Wildman–Crippen MR) is 378 cm³/mol. The molecule has 0 aliphatic heterocycles. The number of allylic oxidation sites excluding steroid dienone is 32. The zero-order chi connectivity index (χ0) is 64.1. The quantitative estimate of drug-likeness (QED) is 0.0195. The Morgan fingerprint density at radius 2 is 0.614 bits per heavy atom. The lowest BCUT2D eigenvalue weighted by Gasteiger charge is -2.28. The van der Waals surface area contributed by atoms with Gasteiger partial charge >= 0.3 is 11.9 Å². The van der Waals surface area contributed by atoms with Crippen molar-refractivity contribution in [2.45, 2.75) is 238 Å². The summed E-state index contributed by atoms with van der Waals surface area (Å²) in [6.07, 6.45) is 104. The number of likely N-dealkylation sites (N-methyl/N-ethyl adjacent to an activating group) is 1. The van der Waals surface area contributed by atoms with Gasteiger partial charge in [-0.05, 0) is 141 Å². The van der Waals surface area contributed by atoms with E-state index in [0.29, 0.717) is 23.9 Å². The number of ether oxygens (including phenoxy) is 2. The van der Waals surface area contributed by atoms with Gasteiger partial charge in [0, 0.05) is 12.8 Å². The van der Waals surface area contributed by atoms with E-state index < -0.39 is 32.5 Å². The molecule has 0 heterocycles. The number of quaternary nitrogens is 1. The second-order valence-electron chi connectivity index (χ2n) is 23.1. The third kappa shape index (κ3) is 69.9. The number of phosphoric ester groups is 1. The van der Waals surface area contributed by atoms with E-state index in [1.165, 1.54) is 32.1 Å². The van der Waals surface area contributed by atoms with Crippen LogP contribution in [0.4, 0.5) is 0 Å². The number of hydrogen-bond acceptors (Lipinski definition) is 8. The van der Waals surface area contributed by atoms with Crippen molar-refractivity contribution in [3.05, 3.63) is 194 Å². The number of unbranched alkanes of at least 4 members (excludes halogenated alkanes) is 14. The van der Waals surface area contributed by atoms with Crippen molar-refractivity contribution in [3.8, 4) is 0 Å². The summed E-state index contributed by atoms with van der Waals surface area (Å²) in [6, 6.07) is 0. The van der Waals surface area contributed by atoms with Gasteiger partial charge in [0.05, 0.1) is 27.7 Å². The van der Waals surface area contributed by atoms with Crippen LogP contribution >= 0.6 is 7.82 Å². The van der Waals surface area contributed by atoms with Crippen molar-refractivity contribution in [3.63, 3.8) is 0 Å². The first-order valence-electron chi connectivity index (χ1n) is 34.1. The lowest BCUT2D eigenvalue weighted by Crippen LogP contribution is -2.37. The third-order valence-electron chi connectivity index (χ3n) is 13.6. The molecular weight excluding hydrogens is 1110 g/mol. The first kappa shape index (κ1) is 82.8. The Bertz CT molecular complexity index is 2190. The Morgan fingerprint density at radius 1 is 0.352 bits per heavy atom. The van der Waals surface area contributed by atoms with Crippen molar-refractivity contribution in [2.24, 2.45) is 0 Å². The van der Waals surface area contributed by atoms with Gasteiger partial charge in [0.1, 0.15) is 19.8 Å². The number of phosphoric acid groups is 1. The molecule has 0 N–H and O–H groups in total. The largest absolute Gasteiger partial charge is 0.756 e. The Labute approximate surface area is 539 Å². The van der Waals surface area contributed by atoms with E-state index >= 15 is 0 Å². The monoisotopic (exact) mass is 1230 g/mol. The van der Waals surface area contributed by atoms with E-state index in [9.17, 15) is 19.0 Å². The number of nitrogens with zero attached hydrogens (tertiary/aromatic N) is 1. The number of carbonyl (C=O) groups is 2. The van der Waals surface area contributed by atoms with Crippen molar-refractivity contribution in [2.75, 3.05) is 47.5 Å². The number of carbonyl (C=O) groups excluding carboxylic acids is 2. The average Bonchev–Trinajstić information content (AvgIpc) is 3.68. The minimum atomic E-state index is -4.66. The van der Waals surface area contributed by atoms with Gasteiger partial charge in [0.15, 0.2) is 6.10 Å². The highest BCUT2D eigenvalue weighted by Crippen LogP contribution is 2.38. The van der Waals surface area contributed by atoms with Gasteiger partial charge in [-0.25, -0.2) is 0 Å². The van der Waals surface area contributed by atoms with E-state index in [4.69, 9.17) is 18.5 Å². The third-order valence-corrected chi connectivity index (χ3v) is 14.6. The second kappa shape index (κ2) is 66.3. The van der Waals surface area contributed by atoms with Crippen LogP contribution < -0.4 is 4.89 Å². The van der Waals surface area contributed by atoms with E-state index in [1.54, 1.807) is 0 Å². The molecule has 0 aromatic heterocycles. The molecule has 2 atom stereocenters. The minimum absolute atomic E-state index is 0.0470. The smallest absolute Gasteiger partial charge is 0.306 e. The van der Waals surface area contributed by atoms with Crippen LogP contribution in [0.15, 0.2) is 194 Å². The summed E-state index contributed by atoms with van der Waals surface area (Å²) in [5, 5.41) is 0. The fourth-order valence-electron chi connectivity index (χ4n) is 8.45. The summed E-state index contributed by atoms with van der Waals surface area (Å²) in [7, 11) is 1.12. The minimum Gasteiger partial charge on any atom is -0.756 e. The van der Waals surface area contributed by atoms with Gasteiger partial charge in [-0.15, -0.1) is 0 Å². The molecule has 0 aliphatic rings. The molecule has 9 nitrogen and oxygen atoms in total. The number of hydrogen-bond donors (Lipinski definition) is 0. The first-order chi connectivity index (χ1) is 43.0. The molecule has 88 heavy (non-hydrogen) atoms. The molecular formula is C78H124NO8P. The summed E-state index contributed by atoms with van der Waals surface area (Å²) < 4.78 is 34.2. The molecule has 494 valence electrons. The van der Waals surface area contributed by atoms with Crippen LogP contribution in [-0.4, -0.2) is 70.0 Å². The molecule has 0 aromatic carbocycles. The summed E-state index contributed by atoms with van der Waals surface area (Å²) in [5.74, 6) is -0.877. The predicted octanol–water partition coefficient (Wildman–Crippen LogP) is 21.9. The molecule has 0 saturated carbocycles. The Balaban J connectivity index is 4.21. The van der Waals surface area contributed by atoms with Crippen molar-refractivity contribution in [1.82, 2.24) is 0 Å². The Hall–Kier alpha value is -5.15. The number of rotatable bonds is 60. The van der Waals surface area contributed by atoms with E-state index in [2.05, 4.69) is 208 Å². The summed E-state index contributed by atoms with van der Waals surface area (Å²) in [4.78, 5) is 38.0. The zero-order valence-electron chi connectivity index (χ0n) is 56.1. The lowest BCUT2D eigenvalue weighted by atomic mass is 10.1. The van der Waals surface area contributed by atoms with Crippen LogP contribution in [0, 0.1) is 0 Å². The van der Waals surface area contributed by atoms with Crippen molar-refractivity contribution < 1.29 is 42.1 Å². The molecule has 0 bridgehead atoms. The van der Waals surface area contributed by atoms with Crippen molar-refractivity contribution in [1.29, 1.82) is 0 Å². The second-order valence-corrected chi connectivity index (χ2v) is 24.5.